The molecule has 1 saturated heterocycles. The minimum absolute atomic E-state index is 0.162. The Morgan fingerprint density at radius 2 is 1.80 bits per heavy atom. The van der Waals surface area contributed by atoms with Crippen LogP contribution in [-0.4, -0.2) is 28.4 Å². The molecule has 3 rings (SSSR count). The molecule has 1 N–H and O–H groups in total. The number of carbonyl (C=O) groups is 2. The highest BCUT2D eigenvalue weighted by Crippen LogP contribution is 2.36. The summed E-state index contributed by atoms with van der Waals surface area (Å²) >= 11 is 6.52. The van der Waals surface area contributed by atoms with Crippen LogP contribution >= 0.6 is 24.0 Å². The first-order chi connectivity index (χ1) is 12.0. The lowest BCUT2D eigenvalue weighted by molar-refractivity contribution is -0.113. The molecule has 126 valence electrons. The fourth-order valence-corrected chi connectivity index (χ4v) is 3.58. The van der Waals surface area contributed by atoms with Gasteiger partial charge in [-0.1, -0.05) is 36.1 Å². The average molecular weight is 371 g/mol. The third kappa shape index (κ3) is 3.57. The Labute approximate surface area is 153 Å². The van der Waals surface area contributed by atoms with Gasteiger partial charge in [-0.3, -0.25) is 9.69 Å². The second-order valence-corrected chi connectivity index (χ2v) is 6.82. The van der Waals surface area contributed by atoms with Gasteiger partial charge in [0.05, 0.1) is 23.3 Å². The zero-order chi connectivity index (χ0) is 18.0. The van der Waals surface area contributed by atoms with Crippen LogP contribution in [0.2, 0.25) is 0 Å². The van der Waals surface area contributed by atoms with Gasteiger partial charge in [-0.2, -0.15) is 0 Å². The van der Waals surface area contributed by atoms with Crippen LogP contribution in [0, 0.1) is 0 Å². The van der Waals surface area contributed by atoms with Crippen LogP contribution in [0.3, 0.4) is 0 Å². The molecular weight excluding hydrogens is 358 g/mol. The van der Waals surface area contributed by atoms with Crippen LogP contribution in [-0.2, 0) is 9.53 Å². The molecule has 0 atom stereocenters. The third-order valence-corrected chi connectivity index (χ3v) is 4.83. The molecule has 1 heterocycles. The highest BCUT2D eigenvalue weighted by Gasteiger charge is 2.33. The first-order valence-corrected chi connectivity index (χ1v) is 8.47. The summed E-state index contributed by atoms with van der Waals surface area (Å²) in [6.07, 6.45) is 1.72. The molecule has 0 aliphatic carbocycles. The number of amides is 1. The fourth-order valence-electron chi connectivity index (χ4n) is 2.28. The Bertz CT molecular complexity index is 873. The lowest BCUT2D eigenvalue weighted by Crippen LogP contribution is -2.27. The second kappa shape index (κ2) is 7.08. The predicted octanol–water partition coefficient (Wildman–Crippen LogP) is 3.58. The summed E-state index contributed by atoms with van der Waals surface area (Å²) in [5.41, 5.74) is 1.78. The molecule has 2 aromatic carbocycles. The van der Waals surface area contributed by atoms with Crippen molar-refractivity contribution in [2.45, 2.75) is 0 Å². The van der Waals surface area contributed by atoms with Crippen molar-refractivity contribution in [1.29, 1.82) is 0 Å². The molecule has 0 aromatic heterocycles. The molecule has 2 aromatic rings. The second-order valence-electron chi connectivity index (χ2n) is 5.15. The number of thiocarbonyl (C=S) groups is 1. The quantitative estimate of drug-likeness (QED) is 0.505. The highest BCUT2D eigenvalue weighted by atomic mass is 32.2. The van der Waals surface area contributed by atoms with E-state index in [1.807, 2.05) is 0 Å². The van der Waals surface area contributed by atoms with Gasteiger partial charge in [-0.15, -0.1) is 0 Å². The van der Waals surface area contributed by atoms with Crippen molar-refractivity contribution in [2.75, 3.05) is 12.0 Å². The molecule has 0 spiro atoms. The van der Waals surface area contributed by atoms with Gasteiger partial charge in [0, 0.05) is 0 Å². The van der Waals surface area contributed by atoms with Crippen molar-refractivity contribution in [1.82, 2.24) is 0 Å². The first kappa shape index (κ1) is 17.2. The number of carbonyl (C=O) groups excluding carboxylic acids is 2. The van der Waals surface area contributed by atoms with Crippen LogP contribution in [0.1, 0.15) is 15.9 Å². The number of hydrogen-bond acceptors (Lipinski definition) is 6. The van der Waals surface area contributed by atoms with E-state index in [-0.39, 0.29) is 11.7 Å². The maximum atomic E-state index is 12.7. The van der Waals surface area contributed by atoms with Crippen molar-refractivity contribution < 1.29 is 19.4 Å². The molecule has 0 unspecified atom stereocenters. The molecule has 25 heavy (non-hydrogen) atoms. The number of methoxy groups -OCH3 is 1. The lowest BCUT2D eigenvalue weighted by Gasteiger charge is -2.14. The van der Waals surface area contributed by atoms with Crippen molar-refractivity contribution in [3.05, 3.63) is 64.6 Å². The van der Waals surface area contributed by atoms with E-state index >= 15 is 0 Å². The van der Waals surface area contributed by atoms with Gasteiger partial charge < -0.3 is 9.84 Å². The molecular formula is C18H13NO4S2. The number of aromatic hydroxyl groups is 1. The van der Waals surface area contributed by atoms with Crippen LogP contribution in [0.25, 0.3) is 6.08 Å². The van der Waals surface area contributed by atoms with Gasteiger partial charge in [-0.25, -0.2) is 4.79 Å². The maximum Gasteiger partial charge on any atom is 0.337 e. The number of esters is 1. The minimum Gasteiger partial charge on any atom is -0.508 e. The molecule has 0 bridgehead atoms. The number of ether oxygens (including phenoxy) is 1. The number of rotatable bonds is 3. The van der Waals surface area contributed by atoms with E-state index in [0.29, 0.717) is 20.5 Å². The minimum atomic E-state index is -0.441. The largest absolute Gasteiger partial charge is 0.508 e. The average Bonchev–Trinajstić information content (AvgIpc) is 2.90. The standard InChI is InChI=1S/C18H13NO4S2/c1-23-17(22)12-4-6-13(7-5-12)19-16(21)15(25-18(19)24)10-11-2-8-14(20)9-3-11/h2-10,20H,1H3/b15-10-. The van der Waals surface area contributed by atoms with Gasteiger partial charge in [0.2, 0.25) is 0 Å². The number of phenolic OH excluding ortho intramolecular Hbond substituents is 1. The molecule has 0 radical (unpaired) electrons. The number of thioether (sulfide) groups is 1. The van der Waals surface area contributed by atoms with Gasteiger partial charge in [0.15, 0.2) is 4.32 Å². The van der Waals surface area contributed by atoms with Crippen LogP contribution < -0.4 is 4.90 Å². The molecule has 1 aliphatic rings. The predicted molar refractivity (Wildman–Crippen MR) is 102 cm³/mol. The van der Waals surface area contributed by atoms with Crippen molar-refractivity contribution in [3.63, 3.8) is 0 Å². The number of anilines is 1. The van der Waals surface area contributed by atoms with E-state index in [2.05, 4.69) is 4.74 Å². The van der Waals surface area contributed by atoms with Gasteiger partial charge in [-0.05, 0) is 48.0 Å². The number of nitrogens with zero attached hydrogens (tertiary/aromatic N) is 1. The summed E-state index contributed by atoms with van der Waals surface area (Å²) in [5, 5.41) is 9.33. The van der Waals surface area contributed by atoms with Crippen molar-refractivity contribution >= 4 is 51.9 Å². The summed E-state index contributed by atoms with van der Waals surface area (Å²) in [7, 11) is 1.31. The smallest absolute Gasteiger partial charge is 0.337 e. The molecule has 5 nitrogen and oxygen atoms in total. The number of benzene rings is 2. The summed E-state index contributed by atoms with van der Waals surface area (Å²) in [5.74, 6) is -0.506. The van der Waals surface area contributed by atoms with Gasteiger partial charge >= 0.3 is 5.97 Å². The zero-order valence-electron chi connectivity index (χ0n) is 13.1. The van der Waals surface area contributed by atoms with E-state index in [9.17, 15) is 14.7 Å². The van der Waals surface area contributed by atoms with Gasteiger partial charge in [0.25, 0.3) is 5.91 Å². The Balaban J connectivity index is 1.86. The van der Waals surface area contributed by atoms with E-state index in [1.54, 1.807) is 54.6 Å². The Morgan fingerprint density at radius 1 is 1.16 bits per heavy atom. The van der Waals surface area contributed by atoms with Crippen LogP contribution in [0.5, 0.6) is 5.75 Å². The summed E-state index contributed by atoms with van der Waals surface area (Å²) in [6, 6.07) is 13.0. The molecule has 7 heteroatoms. The van der Waals surface area contributed by atoms with Gasteiger partial charge in [0.1, 0.15) is 5.75 Å². The van der Waals surface area contributed by atoms with E-state index in [0.717, 1.165) is 5.56 Å². The topological polar surface area (TPSA) is 66.8 Å². The SMILES string of the molecule is COC(=O)c1ccc(N2C(=O)/C(=C/c3ccc(O)cc3)SC2=S)cc1. The Kier molecular flexibility index (Phi) is 4.87. The monoisotopic (exact) mass is 371 g/mol. The van der Waals surface area contributed by atoms with Crippen LogP contribution in [0.15, 0.2) is 53.4 Å². The summed E-state index contributed by atoms with van der Waals surface area (Å²) in [4.78, 5) is 26.1. The highest BCUT2D eigenvalue weighted by molar-refractivity contribution is 8.27. The maximum absolute atomic E-state index is 12.7. The van der Waals surface area contributed by atoms with Crippen LogP contribution in [0.4, 0.5) is 5.69 Å². The van der Waals surface area contributed by atoms with E-state index in [4.69, 9.17) is 12.2 Å². The molecule has 1 fully saturated rings. The number of phenols is 1. The van der Waals surface area contributed by atoms with Crippen molar-refractivity contribution in [3.8, 4) is 5.75 Å². The zero-order valence-corrected chi connectivity index (χ0v) is 14.8. The molecule has 0 saturated carbocycles. The summed E-state index contributed by atoms with van der Waals surface area (Å²) in [6.45, 7) is 0. The summed E-state index contributed by atoms with van der Waals surface area (Å²) < 4.78 is 5.08. The molecule has 1 amide bonds. The lowest BCUT2D eigenvalue weighted by atomic mass is 10.2. The van der Waals surface area contributed by atoms with Crippen molar-refractivity contribution in [2.24, 2.45) is 0 Å². The molecule has 1 aliphatic heterocycles. The normalized spacial score (nSPS) is 15.7. The Morgan fingerprint density at radius 3 is 2.40 bits per heavy atom. The van der Waals surface area contributed by atoms with E-state index < -0.39 is 5.97 Å². The fraction of sp³-hybridized carbons (Fsp3) is 0.0556. The first-order valence-electron chi connectivity index (χ1n) is 7.25. The third-order valence-electron chi connectivity index (χ3n) is 3.53. The number of hydrogen-bond donors (Lipinski definition) is 1. The Hall–Kier alpha value is -2.64. The van der Waals surface area contributed by atoms with E-state index in [1.165, 1.54) is 23.8 Å².